The van der Waals surface area contributed by atoms with Crippen LogP contribution in [0.3, 0.4) is 0 Å². The Morgan fingerprint density at radius 1 is 1.22 bits per heavy atom. The van der Waals surface area contributed by atoms with E-state index in [1.807, 2.05) is 0 Å². The summed E-state index contributed by atoms with van der Waals surface area (Å²) in [5.74, 6) is 0.505. The number of carbonyl (C=O) groups excluding carboxylic acids is 1. The fourth-order valence-corrected chi connectivity index (χ4v) is 3.63. The lowest BCUT2D eigenvalue weighted by molar-refractivity contribution is -0.123. The standard InChI is InChI=1S/C19H28N2O.ClH/c1-18(2,3)15-6-4-14(5-7-15)13-21-17(22)16-12-19(16)8-10-20-11-9-19;/h4-7,16,20H,8-13H2,1-3H3,(H,21,22);1H. The van der Waals surface area contributed by atoms with Crippen LogP contribution >= 0.6 is 12.4 Å². The molecule has 23 heavy (non-hydrogen) atoms. The monoisotopic (exact) mass is 336 g/mol. The van der Waals surface area contributed by atoms with Gasteiger partial charge in [-0.05, 0) is 54.3 Å². The van der Waals surface area contributed by atoms with Crippen LogP contribution in [-0.2, 0) is 16.8 Å². The third kappa shape index (κ3) is 4.07. The first-order valence-corrected chi connectivity index (χ1v) is 8.49. The SMILES string of the molecule is CC(C)(C)c1ccc(CNC(=O)C2CC23CCNCC3)cc1.Cl. The van der Waals surface area contributed by atoms with E-state index < -0.39 is 0 Å². The van der Waals surface area contributed by atoms with Crippen LogP contribution < -0.4 is 10.6 Å². The first kappa shape index (κ1) is 18.3. The molecule has 1 unspecified atom stereocenters. The van der Waals surface area contributed by atoms with Crippen LogP contribution in [0.4, 0.5) is 0 Å². The molecule has 1 saturated heterocycles. The summed E-state index contributed by atoms with van der Waals surface area (Å²) in [7, 11) is 0. The lowest BCUT2D eigenvalue weighted by Crippen LogP contribution is -2.33. The molecule has 1 aromatic carbocycles. The number of benzene rings is 1. The highest BCUT2D eigenvalue weighted by Gasteiger charge is 2.57. The van der Waals surface area contributed by atoms with E-state index in [9.17, 15) is 4.79 Å². The first-order chi connectivity index (χ1) is 10.4. The topological polar surface area (TPSA) is 41.1 Å². The summed E-state index contributed by atoms with van der Waals surface area (Å²) in [6.45, 7) is 9.43. The zero-order chi connectivity index (χ0) is 15.8. The van der Waals surface area contributed by atoms with Crippen LogP contribution in [0.15, 0.2) is 24.3 Å². The van der Waals surface area contributed by atoms with Gasteiger partial charge in [0.25, 0.3) is 0 Å². The molecule has 1 saturated carbocycles. The highest BCUT2D eigenvalue weighted by atomic mass is 35.5. The molecule has 0 radical (unpaired) electrons. The van der Waals surface area contributed by atoms with Crippen molar-refractivity contribution in [2.45, 2.75) is 52.0 Å². The second-order valence-corrected chi connectivity index (χ2v) is 8.03. The summed E-state index contributed by atoms with van der Waals surface area (Å²) in [6, 6.07) is 8.61. The fraction of sp³-hybridized carbons (Fsp3) is 0.632. The lowest BCUT2D eigenvalue weighted by Gasteiger charge is -2.23. The molecule has 4 heteroatoms. The Hall–Kier alpha value is -1.06. The van der Waals surface area contributed by atoms with Gasteiger partial charge in [-0.25, -0.2) is 0 Å². The van der Waals surface area contributed by atoms with E-state index in [1.165, 1.54) is 11.1 Å². The minimum atomic E-state index is 0. The maximum absolute atomic E-state index is 12.3. The lowest BCUT2D eigenvalue weighted by atomic mass is 9.87. The third-order valence-corrected chi connectivity index (χ3v) is 5.39. The van der Waals surface area contributed by atoms with E-state index in [-0.39, 0.29) is 29.6 Å². The van der Waals surface area contributed by atoms with Crippen molar-refractivity contribution in [3.05, 3.63) is 35.4 Å². The summed E-state index contributed by atoms with van der Waals surface area (Å²) in [5, 5.41) is 6.51. The van der Waals surface area contributed by atoms with Gasteiger partial charge >= 0.3 is 0 Å². The molecule has 1 aliphatic carbocycles. The molecule has 2 fully saturated rings. The van der Waals surface area contributed by atoms with Gasteiger partial charge in [0, 0.05) is 12.5 Å². The van der Waals surface area contributed by atoms with Crippen molar-refractivity contribution in [3.8, 4) is 0 Å². The van der Waals surface area contributed by atoms with Gasteiger partial charge < -0.3 is 10.6 Å². The molecule has 0 bridgehead atoms. The van der Waals surface area contributed by atoms with Crippen molar-refractivity contribution < 1.29 is 4.79 Å². The highest BCUT2D eigenvalue weighted by molar-refractivity contribution is 5.85. The van der Waals surface area contributed by atoms with E-state index >= 15 is 0 Å². The van der Waals surface area contributed by atoms with E-state index in [1.54, 1.807) is 0 Å². The smallest absolute Gasteiger partial charge is 0.223 e. The van der Waals surface area contributed by atoms with Crippen molar-refractivity contribution in [1.82, 2.24) is 10.6 Å². The van der Waals surface area contributed by atoms with Gasteiger partial charge in [-0.1, -0.05) is 45.0 Å². The molecular weight excluding hydrogens is 308 g/mol. The average Bonchev–Trinajstić information content (AvgIpc) is 3.18. The highest BCUT2D eigenvalue weighted by Crippen LogP contribution is 2.58. The molecule has 1 spiro atoms. The fourth-order valence-electron chi connectivity index (χ4n) is 3.63. The van der Waals surface area contributed by atoms with Crippen LogP contribution in [0.1, 0.15) is 51.2 Å². The van der Waals surface area contributed by atoms with Crippen molar-refractivity contribution in [2.24, 2.45) is 11.3 Å². The summed E-state index contributed by atoms with van der Waals surface area (Å²) < 4.78 is 0. The summed E-state index contributed by atoms with van der Waals surface area (Å²) in [6.07, 6.45) is 3.40. The molecule has 3 nitrogen and oxygen atoms in total. The zero-order valence-corrected chi connectivity index (χ0v) is 15.3. The number of carbonyl (C=O) groups is 1. The molecule has 1 aliphatic heterocycles. The molecular formula is C19H29ClN2O. The predicted octanol–water partition coefficient (Wildman–Crippen LogP) is 3.41. The number of nitrogens with one attached hydrogen (secondary N) is 2. The van der Waals surface area contributed by atoms with Crippen LogP contribution in [0.5, 0.6) is 0 Å². The Bertz CT molecular complexity index is 541. The molecule has 0 aromatic heterocycles. The van der Waals surface area contributed by atoms with Crippen molar-refractivity contribution in [3.63, 3.8) is 0 Å². The maximum atomic E-state index is 12.3. The molecule has 1 amide bonds. The second-order valence-electron chi connectivity index (χ2n) is 8.03. The quantitative estimate of drug-likeness (QED) is 0.888. The van der Waals surface area contributed by atoms with E-state index in [2.05, 4.69) is 55.7 Å². The first-order valence-electron chi connectivity index (χ1n) is 8.49. The number of rotatable bonds is 3. The van der Waals surface area contributed by atoms with E-state index in [4.69, 9.17) is 0 Å². The van der Waals surface area contributed by atoms with Gasteiger partial charge in [0.05, 0.1) is 0 Å². The summed E-state index contributed by atoms with van der Waals surface area (Å²) in [4.78, 5) is 12.3. The third-order valence-electron chi connectivity index (χ3n) is 5.39. The van der Waals surface area contributed by atoms with Crippen LogP contribution in [0.25, 0.3) is 0 Å². The van der Waals surface area contributed by atoms with Gasteiger partial charge in [-0.15, -0.1) is 12.4 Å². The van der Waals surface area contributed by atoms with Crippen LogP contribution in [-0.4, -0.2) is 19.0 Å². The summed E-state index contributed by atoms with van der Waals surface area (Å²) in [5.41, 5.74) is 3.02. The number of hydrogen-bond acceptors (Lipinski definition) is 2. The van der Waals surface area contributed by atoms with Gasteiger partial charge in [0.15, 0.2) is 0 Å². The van der Waals surface area contributed by atoms with Gasteiger partial charge in [0.2, 0.25) is 5.91 Å². The van der Waals surface area contributed by atoms with Crippen molar-refractivity contribution in [1.29, 1.82) is 0 Å². The number of piperidine rings is 1. The largest absolute Gasteiger partial charge is 0.352 e. The molecule has 1 aromatic rings. The van der Waals surface area contributed by atoms with Crippen molar-refractivity contribution in [2.75, 3.05) is 13.1 Å². The predicted molar refractivity (Wildman–Crippen MR) is 96.9 cm³/mol. The Morgan fingerprint density at radius 2 is 1.83 bits per heavy atom. The molecule has 3 rings (SSSR count). The Morgan fingerprint density at radius 3 is 2.39 bits per heavy atom. The van der Waals surface area contributed by atoms with Crippen LogP contribution in [0, 0.1) is 11.3 Å². The maximum Gasteiger partial charge on any atom is 0.223 e. The number of halogens is 1. The van der Waals surface area contributed by atoms with Gasteiger partial charge in [-0.2, -0.15) is 0 Å². The second kappa shape index (κ2) is 6.82. The Labute approximate surface area is 146 Å². The van der Waals surface area contributed by atoms with Gasteiger partial charge in [0.1, 0.15) is 0 Å². The molecule has 2 aliphatic rings. The molecule has 128 valence electrons. The zero-order valence-electron chi connectivity index (χ0n) is 14.4. The normalized spacial score (nSPS) is 22.3. The minimum Gasteiger partial charge on any atom is -0.352 e. The van der Waals surface area contributed by atoms with Crippen molar-refractivity contribution >= 4 is 18.3 Å². The van der Waals surface area contributed by atoms with Gasteiger partial charge in [-0.3, -0.25) is 4.79 Å². The Balaban J connectivity index is 0.00000192. The number of amides is 1. The average molecular weight is 337 g/mol. The Kier molecular flexibility index (Phi) is 5.42. The number of hydrogen-bond donors (Lipinski definition) is 2. The molecule has 1 heterocycles. The van der Waals surface area contributed by atoms with Crippen LogP contribution in [0.2, 0.25) is 0 Å². The van der Waals surface area contributed by atoms with E-state index in [0.717, 1.165) is 32.4 Å². The molecule has 2 N–H and O–H groups in total. The molecule has 1 atom stereocenters. The minimum absolute atomic E-state index is 0. The van der Waals surface area contributed by atoms with E-state index in [0.29, 0.717) is 12.0 Å². The summed E-state index contributed by atoms with van der Waals surface area (Å²) >= 11 is 0.